The van der Waals surface area contributed by atoms with E-state index in [4.69, 9.17) is 4.74 Å². The van der Waals surface area contributed by atoms with Crippen molar-refractivity contribution in [1.82, 2.24) is 20.5 Å². The predicted molar refractivity (Wildman–Crippen MR) is 139 cm³/mol. The Bertz CT molecular complexity index is 838. The van der Waals surface area contributed by atoms with E-state index in [9.17, 15) is 0 Å². The maximum atomic E-state index is 5.98. The van der Waals surface area contributed by atoms with Crippen LogP contribution in [0.25, 0.3) is 0 Å². The molecule has 0 bridgehead atoms. The first-order valence-corrected chi connectivity index (χ1v) is 10.6. The number of aliphatic imine (C=N–C) groups is 1. The molecule has 2 N–H and O–H groups in total. The average molecular weight is 538 g/mol. The van der Waals surface area contributed by atoms with Gasteiger partial charge < -0.3 is 25.2 Å². The standard InChI is InChI=1S/C23H34N6O.HI/c1-18-6-5-7-21(14-18)30-19(2)16-26-23(24-3)27-17-20-8-9-25-22(15-20)29-12-10-28(4)11-13-29;/h5-9,14-15,19H,10-13,16-17H2,1-4H3,(H2,24,26,27);1H. The Morgan fingerprint density at radius 1 is 1.16 bits per heavy atom. The Morgan fingerprint density at radius 3 is 2.65 bits per heavy atom. The van der Waals surface area contributed by atoms with Gasteiger partial charge in [0.2, 0.25) is 0 Å². The van der Waals surface area contributed by atoms with Crippen molar-refractivity contribution in [3.05, 3.63) is 53.7 Å². The summed E-state index contributed by atoms with van der Waals surface area (Å²) in [5.74, 6) is 2.69. The van der Waals surface area contributed by atoms with Crippen LogP contribution in [-0.4, -0.2) is 68.8 Å². The number of aryl methyl sites for hydroxylation is 1. The van der Waals surface area contributed by atoms with Crippen LogP contribution in [-0.2, 0) is 6.54 Å². The van der Waals surface area contributed by atoms with Crippen LogP contribution in [0.1, 0.15) is 18.1 Å². The molecule has 2 aromatic rings. The van der Waals surface area contributed by atoms with Crippen molar-refractivity contribution in [1.29, 1.82) is 0 Å². The molecule has 1 saturated heterocycles. The fraction of sp³-hybridized carbons (Fsp3) is 0.478. The van der Waals surface area contributed by atoms with Gasteiger partial charge in [-0.15, -0.1) is 24.0 Å². The van der Waals surface area contributed by atoms with E-state index in [0.717, 1.165) is 43.7 Å². The largest absolute Gasteiger partial charge is 0.489 e. The van der Waals surface area contributed by atoms with Crippen LogP contribution in [0.2, 0.25) is 0 Å². The molecule has 0 radical (unpaired) electrons. The number of likely N-dealkylation sites (N-methyl/N-ethyl adjacent to an activating group) is 1. The number of halogens is 1. The van der Waals surface area contributed by atoms with Gasteiger partial charge in [-0.25, -0.2) is 4.98 Å². The van der Waals surface area contributed by atoms with E-state index in [2.05, 4.69) is 56.5 Å². The van der Waals surface area contributed by atoms with E-state index >= 15 is 0 Å². The molecule has 2 heterocycles. The van der Waals surface area contributed by atoms with Crippen LogP contribution in [0, 0.1) is 6.92 Å². The highest BCUT2D eigenvalue weighted by molar-refractivity contribution is 14.0. The van der Waals surface area contributed by atoms with Crippen molar-refractivity contribution in [3.63, 3.8) is 0 Å². The van der Waals surface area contributed by atoms with Gasteiger partial charge in [0.1, 0.15) is 17.7 Å². The summed E-state index contributed by atoms with van der Waals surface area (Å²) in [5.41, 5.74) is 2.38. The molecule has 0 saturated carbocycles. The first-order valence-electron chi connectivity index (χ1n) is 10.6. The fourth-order valence-electron chi connectivity index (χ4n) is 3.39. The Hall–Kier alpha value is -2.07. The van der Waals surface area contributed by atoms with E-state index in [1.165, 1.54) is 11.1 Å². The minimum absolute atomic E-state index is 0. The van der Waals surface area contributed by atoms with Crippen LogP contribution in [0.5, 0.6) is 5.75 Å². The lowest BCUT2D eigenvalue weighted by molar-refractivity contribution is 0.223. The van der Waals surface area contributed by atoms with E-state index in [1.54, 1.807) is 7.05 Å². The number of guanidine groups is 1. The van der Waals surface area contributed by atoms with Crippen LogP contribution in [0.15, 0.2) is 47.6 Å². The van der Waals surface area contributed by atoms with E-state index in [-0.39, 0.29) is 30.1 Å². The molecule has 170 valence electrons. The molecule has 1 aromatic carbocycles. The number of nitrogens with one attached hydrogen (secondary N) is 2. The molecule has 1 aliphatic heterocycles. The normalized spacial score (nSPS) is 15.7. The van der Waals surface area contributed by atoms with Gasteiger partial charge >= 0.3 is 0 Å². The van der Waals surface area contributed by atoms with Crippen molar-refractivity contribution < 1.29 is 4.74 Å². The highest BCUT2D eigenvalue weighted by atomic mass is 127. The number of aromatic nitrogens is 1. The monoisotopic (exact) mass is 538 g/mol. The smallest absolute Gasteiger partial charge is 0.191 e. The summed E-state index contributed by atoms with van der Waals surface area (Å²) >= 11 is 0. The van der Waals surface area contributed by atoms with Crippen LogP contribution in [0.3, 0.4) is 0 Å². The van der Waals surface area contributed by atoms with Gasteiger partial charge in [0, 0.05) is 46.0 Å². The highest BCUT2D eigenvalue weighted by Gasteiger charge is 2.15. The number of nitrogens with zero attached hydrogens (tertiary/aromatic N) is 4. The predicted octanol–water partition coefficient (Wildman–Crippen LogP) is 2.89. The number of benzene rings is 1. The molecule has 1 atom stereocenters. The second-order valence-corrected chi connectivity index (χ2v) is 7.86. The molecule has 0 amide bonds. The molecular formula is C23H35IN6O. The molecule has 8 heteroatoms. The van der Waals surface area contributed by atoms with Crippen molar-refractivity contribution in [2.75, 3.05) is 51.7 Å². The number of hydrogen-bond acceptors (Lipinski definition) is 5. The Morgan fingerprint density at radius 2 is 1.94 bits per heavy atom. The van der Waals surface area contributed by atoms with Crippen molar-refractivity contribution in [3.8, 4) is 5.75 Å². The minimum atomic E-state index is 0. The number of piperazine rings is 1. The minimum Gasteiger partial charge on any atom is -0.489 e. The second-order valence-electron chi connectivity index (χ2n) is 7.86. The van der Waals surface area contributed by atoms with E-state index in [0.29, 0.717) is 13.1 Å². The van der Waals surface area contributed by atoms with Crippen LogP contribution >= 0.6 is 24.0 Å². The zero-order valence-corrected chi connectivity index (χ0v) is 21.3. The zero-order valence-electron chi connectivity index (χ0n) is 19.0. The Labute approximate surface area is 203 Å². The summed E-state index contributed by atoms with van der Waals surface area (Å²) in [4.78, 5) is 13.6. The molecule has 31 heavy (non-hydrogen) atoms. The Kier molecular flexibility index (Phi) is 10.3. The maximum absolute atomic E-state index is 5.98. The molecule has 1 aliphatic rings. The fourth-order valence-corrected chi connectivity index (χ4v) is 3.39. The van der Waals surface area contributed by atoms with Crippen molar-refractivity contribution in [2.45, 2.75) is 26.5 Å². The van der Waals surface area contributed by atoms with Crippen molar-refractivity contribution in [2.24, 2.45) is 4.99 Å². The summed E-state index contributed by atoms with van der Waals surface area (Å²) in [6.07, 6.45) is 1.91. The number of pyridine rings is 1. The number of anilines is 1. The lowest BCUT2D eigenvalue weighted by Gasteiger charge is -2.33. The third kappa shape index (κ3) is 8.17. The third-order valence-electron chi connectivity index (χ3n) is 5.20. The number of ether oxygens (including phenoxy) is 1. The van der Waals surface area contributed by atoms with Gasteiger partial charge in [-0.2, -0.15) is 0 Å². The summed E-state index contributed by atoms with van der Waals surface area (Å²) in [7, 11) is 3.94. The second kappa shape index (κ2) is 12.7. The first-order chi connectivity index (χ1) is 14.5. The molecule has 1 fully saturated rings. The summed E-state index contributed by atoms with van der Waals surface area (Å²) in [6, 6.07) is 12.3. The molecule has 1 unspecified atom stereocenters. The average Bonchev–Trinajstić information content (AvgIpc) is 2.74. The summed E-state index contributed by atoms with van der Waals surface area (Å²) < 4.78 is 5.98. The zero-order chi connectivity index (χ0) is 21.3. The van der Waals surface area contributed by atoms with Gasteiger partial charge in [0.15, 0.2) is 5.96 Å². The van der Waals surface area contributed by atoms with Gasteiger partial charge in [-0.05, 0) is 56.3 Å². The van der Waals surface area contributed by atoms with Gasteiger partial charge in [0.05, 0.1) is 6.54 Å². The van der Waals surface area contributed by atoms with E-state index < -0.39 is 0 Å². The molecule has 0 spiro atoms. The molecule has 3 rings (SSSR count). The number of rotatable bonds is 7. The Balaban J connectivity index is 0.00000341. The summed E-state index contributed by atoms with van der Waals surface area (Å²) in [6.45, 7) is 9.65. The first kappa shape index (κ1) is 25.2. The summed E-state index contributed by atoms with van der Waals surface area (Å²) in [5, 5.41) is 6.72. The van der Waals surface area contributed by atoms with Gasteiger partial charge in [-0.1, -0.05) is 12.1 Å². The topological polar surface area (TPSA) is 65.0 Å². The molecular weight excluding hydrogens is 503 g/mol. The van der Waals surface area contributed by atoms with Crippen LogP contribution in [0.4, 0.5) is 5.82 Å². The molecule has 1 aromatic heterocycles. The van der Waals surface area contributed by atoms with Gasteiger partial charge in [0.25, 0.3) is 0 Å². The third-order valence-corrected chi connectivity index (χ3v) is 5.20. The SMILES string of the molecule is CN=C(NCc1ccnc(N2CCN(C)CC2)c1)NCC(C)Oc1cccc(C)c1.I. The van der Waals surface area contributed by atoms with Crippen LogP contribution < -0.4 is 20.3 Å². The molecule has 7 nitrogen and oxygen atoms in total. The number of hydrogen-bond donors (Lipinski definition) is 2. The maximum Gasteiger partial charge on any atom is 0.191 e. The van der Waals surface area contributed by atoms with Gasteiger partial charge in [-0.3, -0.25) is 4.99 Å². The lowest BCUT2D eigenvalue weighted by atomic mass is 10.2. The van der Waals surface area contributed by atoms with E-state index in [1.807, 2.05) is 37.4 Å². The molecule has 0 aliphatic carbocycles. The van der Waals surface area contributed by atoms with Crippen molar-refractivity contribution >= 4 is 35.8 Å². The highest BCUT2D eigenvalue weighted by Crippen LogP contribution is 2.15. The quantitative estimate of drug-likeness (QED) is 0.321. The lowest BCUT2D eigenvalue weighted by Crippen LogP contribution is -2.44.